The summed E-state index contributed by atoms with van der Waals surface area (Å²) in [6.07, 6.45) is -7.01. The fourth-order valence-corrected chi connectivity index (χ4v) is 4.33. The first-order valence-corrected chi connectivity index (χ1v) is 11.7. The van der Waals surface area contributed by atoms with E-state index in [-0.39, 0.29) is 20.6 Å². The molecule has 0 bridgehead atoms. The maximum absolute atomic E-state index is 13.7. The van der Waals surface area contributed by atoms with Crippen LogP contribution in [0.1, 0.15) is 34.3 Å². The van der Waals surface area contributed by atoms with Crippen molar-refractivity contribution in [3.63, 3.8) is 0 Å². The molecule has 190 valence electrons. The highest BCUT2D eigenvalue weighted by Crippen LogP contribution is 2.38. The Kier molecular flexibility index (Phi) is 9.83. The molecule has 0 fully saturated rings. The van der Waals surface area contributed by atoms with E-state index in [1.807, 2.05) is 0 Å². The Morgan fingerprint density at radius 3 is 2.26 bits per heavy atom. The monoisotopic (exact) mass is 648 g/mol. The normalized spacial score (nSPS) is 14.0. The van der Waals surface area contributed by atoms with Crippen LogP contribution in [0.4, 0.5) is 26.3 Å². The first-order valence-electron chi connectivity index (χ1n) is 9.72. The number of benzene rings is 2. The molecule has 2 aromatic carbocycles. The van der Waals surface area contributed by atoms with Crippen molar-refractivity contribution in [1.82, 2.24) is 10.6 Å². The first kappa shape index (κ1) is 29.2. The van der Waals surface area contributed by atoms with E-state index in [1.54, 1.807) is 5.32 Å². The summed E-state index contributed by atoms with van der Waals surface area (Å²) < 4.78 is 78.2. The lowest BCUT2D eigenvalue weighted by molar-refractivity contribution is -0.139. The SMILES string of the molecule is CC(NC(=O)c1ccc(C=CC(c2cc(Cl)cc(Br)c2)C(F)(F)F)cc1Br)C(=O)NCC(F)(F)F. The summed E-state index contributed by atoms with van der Waals surface area (Å²) in [5, 5.41) is 4.06. The van der Waals surface area contributed by atoms with Gasteiger partial charge in [0.1, 0.15) is 12.6 Å². The molecule has 0 aromatic heterocycles. The summed E-state index contributed by atoms with van der Waals surface area (Å²) >= 11 is 12.2. The highest BCUT2D eigenvalue weighted by molar-refractivity contribution is 9.10. The van der Waals surface area contributed by atoms with Crippen LogP contribution in [0.15, 0.2) is 51.4 Å². The van der Waals surface area contributed by atoms with Gasteiger partial charge in [-0.15, -0.1) is 0 Å². The number of rotatable bonds is 7. The second-order valence-electron chi connectivity index (χ2n) is 7.35. The second-order valence-corrected chi connectivity index (χ2v) is 9.56. The van der Waals surface area contributed by atoms with Crippen LogP contribution in [0.3, 0.4) is 0 Å². The van der Waals surface area contributed by atoms with Gasteiger partial charge in [0.15, 0.2) is 0 Å². The topological polar surface area (TPSA) is 58.2 Å². The minimum absolute atomic E-state index is 0.0313. The van der Waals surface area contributed by atoms with Crippen molar-refractivity contribution in [3.05, 3.63) is 73.1 Å². The number of nitrogens with one attached hydrogen (secondary N) is 2. The lowest BCUT2D eigenvalue weighted by Crippen LogP contribution is -2.47. The van der Waals surface area contributed by atoms with Gasteiger partial charge in [0.25, 0.3) is 5.91 Å². The Hall–Kier alpha value is -2.05. The quantitative estimate of drug-likeness (QED) is 0.317. The van der Waals surface area contributed by atoms with Crippen LogP contribution >= 0.6 is 43.5 Å². The zero-order valence-corrected chi connectivity index (χ0v) is 21.6. The molecule has 2 unspecified atom stereocenters. The predicted octanol–water partition coefficient (Wildman–Crippen LogP) is 7.02. The van der Waals surface area contributed by atoms with Crippen LogP contribution in [-0.2, 0) is 4.79 Å². The smallest absolute Gasteiger partial charge is 0.345 e. The molecule has 0 aliphatic heterocycles. The first-order chi connectivity index (χ1) is 16.1. The Morgan fingerprint density at radius 1 is 1.06 bits per heavy atom. The zero-order valence-electron chi connectivity index (χ0n) is 17.7. The zero-order chi connectivity index (χ0) is 26.6. The summed E-state index contributed by atoms with van der Waals surface area (Å²) in [6, 6.07) is 6.80. The van der Waals surface area contributed by atoms with Crippen molar-refractivity contribution < 1.29 is 35.9 Å². The Bertz CT molecular complexity index is 1100. The minimum atomic E-state index is -4.60. The van der Waals surface area contributed by atoms with Gasteiger partial charge in [-0.3, -0.25) is 9.59 Å². The van der Waals surface area contributed by atoms with Crippen molar-refractivity contribution in [1.29, 1.82) is 0 Å². The van der Waals surface area contributed by atoms with E-state index in [1.165, 1.54) is 49.4 Å². The fourth-order valence-electron chi connectivity index (χ4n) is 2.87. The highest BCUT2D eigenvalue weighted by Gasteiger charge is 2.39. The molecule has 35 heavy (non-hydrogen) atoms. The van der Waals surface area contributed by atoms with E-state index in [0.717, 1.165) is 6.08 Å². The van der Waals surface area contributed by atoms with Crippen molar-refractivity contribution >= 4 is 61.4 Å². The van der Waals surface area contributed by atoms with Gasteiger partial charge in [0.2, 0.25) is 5.91 Å². The third kappa shape index (κ3) is 9.16. The highest BCUT2D eigenvalue weighted by atomic mass is 79.9. The Balaban J connectivity index is 2.16. The third-order valence-corrected chi connectivity index (χ3v) is 5.85. The maximum atomic E-state index is 13.7. The van der Waals surface area contributed by atoms with Crippen LogP contribution in [-0.4, -0.2) is 36.8 Å². The molecule has 2 atom stereocenters. The van der Waals surface area contributed by atoms with Gasteiger partial charge in [0, 0.05) is 14.0 Å². The fraction of sp³-hybridized carbons (Fsp3) is 0.273. The average molecular weight is 651 g/mol. The molecule has 0 aliphatic carbocycles. The number of carbonyl (C=O) groups is 2. The summed E-state index contributed by atoms with van der Waals surface area (Å²) in [6.45, 7) is -0.331. The maximum Gasteiger partial charge on any atom is 0.405 e. The number of amides is 2. The molecule has 13 heteroatoms. The number of hydrogen-bond donors (Lipinski definition) is 2. The van der Waals surface area contributed by atoms with Gasteiger partial charge >= 0.3 is 12.4 Å². The van der Waals surface area contributed by atoms with Crippen molar-refractivity contribution in [2.75, 3.05) is 6.54 Å². The number of allylic oxidation sites excluding steroid dienone is 1. The summed E-state index contributed by atoms with van der Waals surface area (Å²) in [5.74, 6) is -3.74. The number of hydrogen-bond acceptors (Lipinski definition) is 2. The molecule has 2 rings (SSSR count). The Labute approximate surface area is 218 Å². The molecular weight excluding hydrogens is 634 g/mol. The molecule has 2 amide bonds. The van der Waals surface area contributed by atoms with E-state index in [2.05, 4.69) is 37.2 Å². The van der Waals surface area contributed by atoms with Gasteiger partial charge in [-0.2, -0.15) is 26.3 Å². The standard InChI is InChI=1S/C22H17Br2ClF6N2O2/c1-11(19(34)32-10-21(26,27)28)33-20(35)16-4-2-12(6-18(16)24)3-5-17(22(29,30)31)13-7-14(23)9-15(25)8-13/h2-9,11,17H,10H2,1H3,(H,32,34)(H,33,35). The second kappa shape index (κ2) is 11.8. The van der Waals surface area contributed by atoms with Crippen molar-refractivity contribution in [2.45, 2.75) is 31.2 Å². The van der Waals surface area contributed by atoms with Crippen LogP contribution < -0.4 is 10.6 Å². The lowest BCUT2D eigenvalue weighted by Gasteiger charge is -2.18. The summed E-state index contributed by atoms with van der Waals surface area (Å²) in [5.41, 5.74) is 0.296. The molecule has 0 saturated carbocycles. The van der Waals surface area contributed by atoms with E-state index in [4.69, 9.17) is 11.6 Å². The number of alkyl halides is 6. The largest absolute Gasteiger partial charge is 0.405 e. The molecule has 4 nitrogen and oxygen atoms in total. The Morgan fingerprint density at radius 2 is 1.71 bits per heavy atom. The number of carbonyl (C=O) groups excluding carboxylic acids is 2. The molecule has 2 N–H and O–H groups in total. The van der Waals surface area contributed by atoms with Crippen LogP contribution in [0, 0.1) is 0 Å². The molecule has 0 spiro atoms. The summed E-state index contributed by atoms with van der Waals surface area (Å²) in [7, 11) is 0. The van der Waals surface area contributed by atoms with E-state index < -0.39 is 42.7 Å². The van der Waals surface area contributed by atoms with Crippen LogP contribution in [0.5, 0.6) is 0 Å². The average Bonchev–Trinajstić information content (AvgIpc) is 2.69. The number of halogens is 9. The van der Waals surface area contributed by atoms with E-state index >= 15 is 0 Å². The molecular formula is C22H17Br2ClF6N2O2. The molecule has 0 heterocycles. The third-order valence-electron chi connectivity index (χ3n) is 4.52. The van der Waals surface area contributed by atoms with Gasteiger partial charge < -0.3 is 10.6 Å². The van der Waals surface area contributed by atoms with Crippen LogP contribution in [0.2, 0.25) is 5.02 Å². The van der Waals surface area contributed by atoms with Crippen molar-refractivity contribution in [2.24, 2.45) is 0 Å². The molecule has 0 aliphatic rings. The summed E-state index contributed by atoms with van der Waals surface area (Å²) in [4.78, 5) is 24.1. The van der Waals surface area contributed by atoms with Gasteiger partial charge in [-0.05, 0) is 64.3 Å². The predicted molar refractivity (Wildman–Crippen MR) is 127 cm³/mol. The van der Waals surface area contributed by atoms with Gasteiger partial charge in [-0.1, -0.05) is 45.7 Å². The van der Waals surface area contributed by atoms with E-state index in [9.17, 15) is 35.9 Å². The van der Waals surface area contributed by atoms with Gasteiger partial charge in [0.05, 0.1) is 11.5 Å². The lowest BCUT2D eigenvalue weighted by atomic mass is 9.97. The molecule has 0 saturated heterocycles. The van der Waals surface area contributed by atoms with Crippen LogP contribution in [0.25, 0.3) is 6.08 Å². The van der Waals surface area contributed by atoms with Crippen molar-refractivity contribution in [3.8, 4) is 0 Å². The van der Waals surface area contributed by atoms with E-state index in [0.29, 0.717) is 10.0 Å². The molecule has 0 radical (unpaired) electrons. The minimum Gasteiger partial charge on any atom is -0.345 e. The molecule has 2 aromatic rings. The van der Waals surface area contributed by atoms with Gasteiger partial charge in [-0.25, -0.2) is 0 Å².